The molecule has 0 unspecified atom stereocenters. The third kappa shape index (κ3) is 6.67. The standard InChI is InChI=1S/C31H34ClFN2O4/c1-30(2,3)39-26-16-13-23(19-25(26)32)28(37)31(4,35-17-5-6-18-35)34-29(38)27(36)22-9-7-20(8-10-22)21-11-14-24(33)15-12-21/h7-16,19,28,37H,5-6,17-18H2,1-4H3,(H,34,38)/t28-,31+/m1/s1. The molecular weight excluding hydrogens is 519 g/mol. The molecule has 1 aliphatic heterocycles. The van der Waals surface area contributed by atoms with Gasteiger partial charge in [0.15, 0.2) is 0 Å². The number of hydrogen-bond acceptors (Lipinski definition) is 5. The first kappa shape index (κ1) is 28.7. The van der Waals surface area contributed by atoms with Crippen LogP contribution in [-0.2, 0) is 4.79 Å². The molecule has 39 heavy (non-hydrogen) atoms. The second kappa shape index (κ2) is 11.5. The highest BCUT2D eigenvalue weighted by atomic mass is 35.5. The van der Waals surface area contributed by atoms with Gasteiger partial charge >= 0.3 is 0 Å². The lowest BCUT2D eigenvalue weighted by atomic mass is 9.94. The fourth-order valence-corrected chi connectivity index (χ4v) is 5.03. The van der Waals surface area contributed by atoms with Crippen molar-refractivity contribution in [3.63, 3.8) is 0 Å². The average molecular weight is 553 g/mol. The number of carbonyl (C=O) groups is 2. The molecule has 0 bridgehead atoms. The number of carbonyl (C=O) groups excluding carboxylic acids is 2. The maximum absolute atomic E-state index is 13.2. The highest BCUT2D eigenvalue weighted by Crippen LogP contribution is 2.36. The van der Waals surface area contributed by atoms with Gasteiger partial charge in [0, 0.05) is 18.7 Å². The van der Waals surface area contributed by atoms with Crippen molar-refractivity contribution in [3.8, 4) is 16.9 Å². The minimum absolute atomic E-state index is 0.211. The summed E-state index contributed by atoms with van der Waals surface area (Å²) < 4.78 is 19.1. The predicted molar refractivity (Wildman–Crippen MR) is 150 cm³/mol. The summed E-state index contributed by atoms with van der Waals surface area (Å²) in [6, 6.07) is 17.6. The molecular formula is C31H34ClFN2O4. The van der Waals surface area contributed by atoms with E-state index < -0.39 is 29.1 Å². The van der Waals surface area contributed by atoms with Gasteiger partial charge in [-0.15, -0.1) is 0 Å². The van der Waals surface area contributed by atoms with Gasteiger partial charge in [-0.3, -0.25) is 14.5 Å². The van der Waals surface area contributed by atoms with Crippen LogP contribution in [0, 0.1) is 5.82 Å². The number of likely N-dealkylation sites (tertiary alicyclic amines) is 1. The molecule has 1 aliphatic rings. The Labute approximate surface area is 233 Å². The van der Waals surface area contributed by atoms with Crippen LogP contribution < -0.4 is 10.1 Å². The van der Waals surface area contributed by atoms with Crippen molar-refractivity contribution in [2.45, 2.75) is 57.9 Å². The summed E-state index contributed by atoms with van der Waals surface area (Å²) in [6.07, 6.45) is 0.654. The van der Waals surface area contributed by atoms with Gasteiger partial charge in [0.1, 0.15) is 28.9 Å². The molecule has 206 valence electrons. The lowest BCUT2D eigenvalue weighted by Gasteiger charge is -2.43. The number of ketones is 1. The molecule has 1 amide bonds. The summed E-state index contributed by atoms with van der Waals surface area (Å²) in [7, 11) is 0. The molecule has 3 aromatic carbocycles. The molecule has 4 rings (SSSR count). The Morgan fingerprint density at radius 1 is 0.949 bits per heavy atom. The lowest BCUT2D eigenvalue weighted by Crippen LogP contribution is -2.62. The first-order valence-electron chi connectivity index (χ1n) is 13.0. The van der Waals surface area contributed by atoms with Gasteiger partial charge in [-0.1, -0.05) is 54.1 Å². The summed E-state index contributed by atoms with van der Waals surface area (Å²) in [5.41, 5.74) is 0.587. The largest absolute Gasteiger partial charge is 0.487 e. The zero-order valence-electron chi connectivity index (χ0n) is 22.6. The molecule has 6 nitrogen and oxygen atoms in total. The Kier molecular flexibility index (Phi) is 8.45. The first-order valence-corrected chi connectivity index (χ1v) is 13.4. The Bertz CT molecular complexity index is 1330. The van der Waals surface area contributed by atoms with Crippen molar-refractivity contribution >= 4 is 23.3 Å². The van der Waals surface area contributed by atoms with Crippen molar-refractivity contribution < 1.29 is 23.8 Å². The van der Waals surface area contributed by atoms with E-state index >= 15 is 0 Å². The van der Waals surface area contributed by atoms with Crippen LogP contribution >= 0.6 is 11.6 Å². The van der Waals surface area contributed by atoms with Crippen molar-refractivity contribution in [2.24, 2.45) is 0 Å². The second-order valence-electron chi connectivity index (χ2n) is 11.0. The normalized spacial score (nSPS) is 16.4. The van der Waals surface area contributed by atoms with Crippen LogP contribution in [0.25, 0.3) is 11.1 Å². The number of halogens is 2. The van der Waals surface area contributed by atoms with E-state index in [2.05, 4.69) is 5.32 Å². The molecule has 1 fully saturated rings. The summed E-state index contributed by atoms with van der Waals surface area (Å²) in [5, 5.41) is 14.7. The molecule has 8 heteroatoms. The Hall–Kier alpha value is -3.26. The number of hydrogen-bond donors (Lipinski definition) is 2. The maximum Gasteiger partial charge on any atom is 0.293 e. The topological polar surface area (TPSA) is 78.9 Å². The van der Waals surface area contributed by atoms with Crippen LogP contribution in [0.15, 0.2) is 66.7 Å². The lowest BCUT2D eigenvalue weighted by molar-refractivity contribution is -0.125. The second-order valence-corrected chi connectivity index (χ2v) is 11.4. The SMILES string of the molecule is CC(C)(C)Oc1ccc([C@@H](O)[C@@](C)(NC(=O)C(=O)c2ccc(-c3ccc(F)cc3)cc2)N2CCCC2)cc1Cl. The highest BCUT2D eigenvalue weighted by Gasteiger charge is 2.43. The van der Waals surface area contributed by atoms with Crippen molar-refractivity contribution in [1.29, 1.82) is 0 Å². The van der Waals surface area contributed by atoms with Gasteiger partial charge < -0.3 is 15.2 Å². The van der Waals surface area contributed by atoms with E-state index in [9.17, 15) is 19.1 Å². The van der Waals surface area contributed by atoms with E-state index in [0.717, 1.165) is 24.0 Å². The number of aliphatic hydroxyl groups is 1. The zero-order chi connectivity index (χ0) is 28.4. The number of ether oxygens (including phenoxy) is 1. The summed E-state index contributed by atoms with van der Waals surface area (Å²) in [4.78, 5) is 28.3. The van der Waals surface area contributed by atoms with Crippen molar-refractivity contribution in [3.05, 3.63) is 88.7 Å². The molecule has 0 saturated carbocycles. The minimum Gasteiger partial charge on any atom is -0.487 e. The third-order valence-electron chi connectivity index (χ3n) is 6.88. The van der Waals surface area contributed by atoms with E-state index in [-0.39, 0.29) is 11.4 Å². The van der Waals surface area contributed by atoms with Crippen LogP contribution in [0.1, 0.15) is 62.6 Å². The van der Waals surface area contributed by atoms with E-state index in [4.69, 9.17) is 16.3 Å². The number of nitrogens with zero attached hydrogens (tertiary/aromatic N) is 1. The molecule has 0 aliphatic carbocycles. The zero-order valence-corrected chi connectivity index (χ0v) is 23.4. The van der Waals surface area contributed by atoms with Gasteiger partial charge in [0.05, 0.1) is 5.02 Å². The van der Waals surface area contributed by atoms with E-state index in [1.54, 1.807) is 61.5 Å². The molecule has 0 spiro atoms. The van der Waals surface area contributed by atoms with E-state index in [0.29, 0.717) is 29.4 Å². The molecule has 0 radical (unpaired) electrons. The predicted octanol–water partition coefficient (Wildman–Crippen LogP) is 6.17. The molecule has 3 aromatic rings. The van der Waals surface area contributed by atoms with Crippen LogP contribution in [0.2, 0.25) is 5.02 Å². The van der Waals surface area contributed by atoms with Gasteiger partial charge in [0.25, 0.3) is 5.91 Å². The molecule has 0 aromatic heterocycles. The third-order valence-corrected chi connectivity index (χ3v) is 7.18. The highest BCUT2D eigenvalue weighted by molar-refractivity contribution is 6.43. The quantitative estimate of drug-likeness (QED) is 0.258. The smallest absolute Gasteiger partial charge is 0.293 e. The number of aliphatic hydroxyl groups excluding tert-OH is 1. The maximum atomic E-state index is 13.2. The molecule has 1 saturated heterocycles. The summed E-state index contributed by atoms with van der Waals surface area (Å²) >= 11 is 6.48. The molecule has 2 N–H and O–H groups in total. The van der Waals surface area contributed by atoms with Gasteiger partial charge in [-0.05, 0) is 81.5 Å². The Morgan fingerprint density at radius 3 is 2.05 bits per heavy atom. The van der Waals surface area contributed by atoms with Crippen LogP contribution in [0.5, 0.6) is 5.75 Å². The first-order chi connectivity index (χ1) is 18.4. The van der Waals surface area contributed by atoms with Gasteiger partial charge in [0.2, 0.25) is 5.78 Å². The van der Waals surface area contributed by atoms with Crippen LogP contribution in [-0.4, -0.2) is 46.1 Å². The minimum atomic E-state index is -1.26. The fourth-order valence-electron chi connectivity index (χ4n) is 4.80. The van der Waals surface area contributed by atoms with Crippen LogP contribution in [0.3, 0.4) is 0 Å². The van der Waals surface area contributed by atoms with Crippen molar-refractivity contribution in [1.82, 2.24) is 10.2 Å². The van der Waals surface area contributed by atoms with Gasteiger partial charge in [-0.2, -0.15) is 0 Å². The number of amides is 1. The number of nitrogens with one attached hydrogen (secondary N) is 1. The van der Waals surface area contributed by atoms with Gasteiger partial charge in [-0.25, -0.2) is 4.39 Å². The van der Waals surface area contributed by atoms with Crippen LogP contribution in [0.4, 0.5) is 4.39 Å². The van der Waals surface area contributed by atoms with E-state index in [1.807, 2.05) is 25.7 Å². The molecule has 2 atom stereocenters. The monoisotopic (exact) mass is 552 g/mol. The summed E-state index contributed by atoms with van der Waals surface area (Å²) in [5.74, 6) is -1.38. The Morgan fingerprint density at radius 2 is 1.51 bits per heavy atom. The Balaban J connectivity index is 1.55. The summed E-state index contributed by atoms with van der Waals surface area (Å²) in [6.45, 7) is 8.79. The number of rotatable bonds is 8. The van der Waals surface area contributed by atoms with E-state index in [1.165, 1.54) is 12.1 Å². The number of Topliss-reactive ketones (excluding diaryl/α,β-unsaturated/α-hetero) is 1. The average Bonchev–Trinajstić information content (AvgIpc) is 3.45. The fraction of sp³-hybridized carbons (Fsp3) is 0.355. The number of benzene rings is 3. The van der Waals surface area contributed by atoms with Crippen molar-refractivity contribution in [2.75, 3.05) is 13.1 Å². The molecule has 1 heterocycles.